The monoisotopic (exact) mass is 288 g/mol. The van der Waals surface area contributed by atoms with Gasteiger partial charge in [-0.2, -0.15) is 0 Å². The molecule has 0 bridgehead atoms. The third kappa shape index (κ3) is 4.33. The van der Waals surface area contributed by atoms with Crippen molar-refractivity contribution in [3.63, 3.8) is 0 Å². The average molecular weight is 288 g/mol. The summed E-state index contributed by atoms with van der Waals surface area (Å²) in [6.07, 6.45) is 8.10. The maximum absolute atomic E-state index is 11.1. The Labute approximate surface area is 128 Å². The molecule has 0 heterocycles. The first-order valence-corrected chi connectivity index (χ1v) is 8.35. The van der Waals surface area contributed by atoms with Crippen LogP contribution in [-0.4, -0.2) is 11.1 Å². The van der Waals surface area contributed by atoms with Crippen molar-refractivity contribution in [2.75, 3.05) is 0 Å². The summed E-state index contributed by atoms with van der Waals surface area (Å²) in [7, 11) is 0. The predicted octanol–water partition coefficient (Wildman–Crippen LogP) is 5.17. The van der Waals surface area contributed by atoms with Crippen LogP contribution in [-0.2, 0) is 11.2 Å². The van der Waals surface area contributed by atoms with Gasteiger partial charge in [-0.25, -0.2) is 0 Å². The summed E-state index contributed by atoms with van der Waals surface area (Å²) in [5, 5.41) is 9.16. The summed E-state index contributed by atoms with van der Waals surface area (Å²) < 4.78 is 0. The second-order valence-electron chi connectivity index (χ2n) is 6.83. The highest BCUT2D eigenvalue weighted by Gasteiger charge is 2.35. The van der Waals surface area contributed by atoms with E-state index in [0.29, 0.717) is 12.3 Å². The van der Waals surface area contributed by atoms with Crippen LogP contribution < -0.4 is 0 Å². The van der Waals surface area contributed by atoms with Crippen molar-refractivity contribution in [1.82, 2.24) is 0 Å². The fourth-order valence-electron chi connectivity index (χ4n) is 3.62. The molecule has 1 aromatic rings. The lowest BCUT2D eigenvalue weighted by atomic mass is 9.77. The summed E-state index contributed by atoms with van der Waals surface area (Å²) >= 11 is 0. The van der Waals surface area contributed by atoms with Crippen molar-refractivity contribution in [2.45, 2.75) is 71.1 Å². The van der Waals surface area contributed by atoms with Crippen LogP contribution in [0.5, 0.6) is 0 Å². The molecule has 1 aliphatic carbocycles. The standard InChI is InChI=1S/C19H28O2/c1-3-15(2)17-8-6-16(7-9-17)10-13-19(14-18(20)21)11-4-5-12-19/h6-9,15H,3-5,10-14H2,1-2H3,(H,20,21). The van der Waals surface area contributed by atoms with Crippen LogP contribution in [0.15, 0.2) is 24.3 Å². The van der Waals surface area contributed by atoms with Gasteiger partial charge in [-0.15, -0.1) is 0 Å². The molecule has 1 atom stereocenters. The van der Waals surface area contributed by atoms with Crippen molar-refractivity contribution in [3.8, 4) is 0 Å². The zero-order valence-electron chi connectivity index (χ0n) is 13.4. The Hall–Kier alpha value is -1.31. The first-order valence-electron chi connectivity index (χ1n) is 8.35. The van der Waals surface area contributed by atoms with Crippen molar-refractivity contribution in [2.24, 2.45) is 5.41 Å². The van der Waals surface area contributed by atoms with Crippen LogP contribution >= 0.6 is 0 Å². The van der Waals surface area contributed by atoms with Crippen LogP contribution in [0, 0.1) is 5.41 Å². The molecular formula is C19H28O2. The number of carboxylic acid groups (broad SMARTS) is 1. The first kappa shape index (κ1) is 16.1. The number of aryl methyl sites for hydroxylation is 1. The molecule has 0 radical (unpaired) electrons. The molecule has 1 unspecified atom stereocenters. The van der Waals surface area contributed by atoms with Gasteiger partial charge in [0.1, 0.15) is 0 Å². The lowest BCUT2D eigenvalue weighted by Gasteiger charge is -2.27. The van der Waals surface area contributed by atoms with E-state index < -0.39 is 5.97 Å². The molecule has 1 aliphatic rings. The lowest BCUT2D eigenvalue weighted by molar-refractivity contribution is -0.139. The second-order valence-corrected chi connectivity index (χ2v) is 6.83. The molecular weight excluding hydrogens is 260 g/mol. The molecule has 0 aliphatic heterocycles. The van der Waals surface area contributed by atoms with E-state index in [1.54, 1.807) is 0 Å². The van der Waals surface area contributed by atoms with Crippen LogP contribution in [0.3, 0.4) is 0 Å². The van der Waals surface area contributed by atoms with Crippen LogP contribution in [0.2, 0.25) is 0 Å². The molecule has 2 nitrogen and oxygen atoms in total. The van der Waals surface area contributed by atoms with Crippen LogP contribution in [0.1, 0.15) is 75.8 Å². The Morgan fingerprint density at radius 1 is 1.24 bits per heavy atom. The molecule has 0 saturated heterocycles. The zero-order chi connectivity index (χ0) is 15.3. The zero-order valence-corrected chi connectivity index (χ0v) is 13.4. The smallest absolute Gasteiger partial charge is 0.303 e. The molecule has 21 heavy (non-hydrogen) atoms. The van der Waals surface area contributed by atoms with Gasteiger partial charge < -0.3 is 5.11 Å². The third-order valence-corrected chi connectivity index (χ3v) is 5.30. The quantitative estimate of drug-likeness (QED) is 0.751. The van der Waals surface area contributed by atoms with Crippen molar-refractivity contribution in [1.29, 1.82) is 0 Å². The highest BCUT2D eigenvalue weighted by Crippen LogP contribution is 2.44. The van der Waals surface area contributed by atoms with Gasteiger partial charge in [-0.3, -0.25) is 4.79 Å². The van der Waals surface area contributed by atoms with Gasteiger partial charge in [0, 0.05) is 0 Å². The van der Waals surface area contributed by atoms with Crippen molar-refractivity contribution >= 4 is 5.97 Å². The number of rotatable bonds is 7. The van der Waals surface area contributed by atoms with Gasteiger partial charge in [0.2, 0.25) is 0 Å². The number of hydrogen-bond acceptors (Lipinski definition) is 1. The van der Waals surface area contributed by atoms with E-state index in [1.165, 1.54) is 30.4 Å². The van der Waals surface area contributed by atoms with E-state index >= 15 is 0 Å². The fourth-order valence-corrected chi connectivity index (χ4v) is 3.62. The summed E-state index contributed by atoms with van der Waals surface area (Å²) in [5.41, 5.74) is 2.81. The Morgan fingerprint density at radius 2 is 1.86 bits per heavy atom. The SMILES string of the molecule is CCC(C)c1ccc(CCC2(CC(=O)O)CCCC2)cc1. The van der Waals surface area contributed by atoms with Crippen LogP contribution in [0.25, 0.3) is 0 Å². The van der Waals surface area contributed by atoms with E-state index in [9.17, 15) is 4.79 Å². The van der Waals surface area contributed by atoms with Crippen molar-refractivity contribution < 1.29 is 9.90 Å². The summed E-state index contributed by atoms with van der Waals surface area (Å²) in [4.78, 5) is 11.1. The third-order valence-electron chi connectivity index (χ3n) is 5.30. The molecule has 2 rings (SSSR count). The van der Waals surface area contributed by atoms with Crippen LogP contribution in [0.4, 0.5) is 0 Å². The highest BCUT2D eigenvalue weighted by molar-refractivity contribution is 5.67. The molecule has 2 heteroatoms. The molecule has 1 saturated carbocycles. The van der Waals surface area contributed by atoms with Gasteiger partial charge in [0.15, 0.2) is 0 Å². The minimum absolute atomic E-state index is 0.0568. The van der Waals surface area contributed by atoms with E-state index in [4.69, 9.17) is 5.11 Å². The normalized spacial score (nSPS) is 18.6. The number of benzene rings is 1. The minimum Gasteiger partial charge on any atom is -0.481 e. The maximum Gasteiger partial charge on any atom is 0.303 e. The van der Waals surface area contributed by atoms with Gasteiger partial charge >= 0.3 is 5.97 Å². The maximum atomic E-state index is 11.1. The van der Waals surface area contributed by atoms with Crippen molar-refractivity contribution in [3.05, 3.63) is 35.4 Å². The van der Waals surface area contributed by atoms with Gasteiger partial charge in [0.05, 0.1) is 6.42 Å². The Balaban J connectivity index is 1.96. The topological polar surface area (TPSA) is 37.3 Å². The average Bonchev–Trinajstić information content (AvgIpc) is 2.93. The molecule has 0 amide bonds. The fraction of sp³-hybridized carbons (Fsp3) is 0.632. The number of aliphatic carboxylic acids is 1. The van der Waals surface area contributed by atoms with Gasteiger partial charge in [-0.1, -0.05) is 51.0 Å². The molecule has 1 fully saturated rings. The molecule has 1 aromatic carbocycles. The van der Waals surface area contributed by atoms with E-state index in [0.717, 1.165) is 25.7 Å². The van der Waals surface area contributed by atoms with E-state index in [-0.39, 0.29) is 5.41 Å². The largest absolute Gasteiger partial charge is 0.481 e. The lowest BCUT2D eigenvalue weighted by Crippen LogP contribution is -2.21. The Morgan fingerprint density at radius 3 is 2.38 bits per heavy atom. The van der Waals surface area contributed by atoms with E-state index in [1.807, 2.05) is 0 Å². The predicted molar refractivity (Wildman–Crippen MR) is 86.6 cm³/mol. The highest BCUT2D eigenvalue weighted by atomic mass is 16.4. The molecule has 116 valence electrons. The Kier molecular flexibility index (Phi) is 5.44. The number of carbonyl (C=O) groups is 1. The minimum atomic E-state index is -0.635. The Bertz CT molecular complexity index is 455. The number of carboxylic acids is 1. The summed E-state index contributed by atoms with van der Waals surface area (Å²) in [6, 6.07) is 8.93. The van der Waals surface area contributed by atoms with E-state index in [2.05, 4.69) is 38.1 Å². The first-order chi connectivity index (χ1) is 10.0. The summed E-state index contributed by atoms with van der Waals surface area (Å²) in [5.74, 6) is -0.0174. The summed E-state index contributed by atoms with van der Waals surface area (Å²) in [6.45, 7) is 4.48. The number of hydrogen-bond donors (Lipinski definition) is 1. The van der Waals surface area contributed by atoms with Gasteiger partial charge in [-0.05, 0) is 54.6 Å². The molecule has 1 N–H and O–H groups in total. The second kappa shape index (κ2) is 7.11. The molecule has 0 spiro atoms. The molecule has 0 aromatic heterocycles. The van der Waals surface area contributed by atoms with Gasteiger partial charge in [0.25, 0.3) is 0 Å².